The third kappa shape index (κ3) is 3.55. The molecule has 2 aliphatic heterocycles. The van der Waals surface area contributed by atoms with E-state index in [4.69, 9.17) is 14.2 Å². The Morgan fingerprint density at radius 2 is 1.79 bits per heavy atom. The molecule has 1 fully saturated rings. The van der Waals surface area contributed by atoms with Crippen LogP contribution in [0.2, 0.25) is 0 Å². The number of rotatable bonds is 5. The van der Waals surface area contributed by atoms with E-state index in [0.717, 1.165) is 12.0 Å². The lowest BCUT2D eigenvalue weighted by Gasteiger charge is -2.26. The van der Waals surface area contributed by atoms with E-state index in [0.29, 0.717) is 34.1 Å². The van der Waals surface area contributed by atoms with Crippen LogP contribution >= 0.6 is 0 Å². The smallest absolute Gasteiger partial charge is 0.300 e. The molecule has 34 heavy (non-hydrogen) atoms. The number of benzene rings is 3. The standard InChI is InChI=1S/C27H23NO6/c1-3-16-7-10-19(11-8-16)28-24(17-5-4-6-20(13-17)32-2)23(26(30)27(28)31)25(29)18-9-12-21-22(14-18)34-15-33-21/h4-14,24,29H,3,15H2,1-2H3/b25-23-. The summed E-state index contributed by atoms with van der Waals surface area (Å²) in [6, 6.07) is 18.7. The highest BCUT2D eigenvalue weighted by Crippen LogP contribution is 2.44. The van der Waals surface area contributed by atoms with Gasteiger partial charge in [-0.15, -0.1) is 0 Å². The minimum Gasteiger partial charge on any atom is -0.507 e. The molecule has 7 nitrogen and oxygen atoms in total. The highest BCUT2D eigenvalue weighted by atomic mass is 16.7. The molecule has 1 N–H and O–H groups in total. The highest BCUT2D eigenvalue weighted by Gasteiger charge is 2.47. The van der Waals surface area contributed by atoms with Crippen molar-refractivity contribution in [1.29, 1.82) is 0 Å². The van der Waals surface area contributed by atoms with Gasteiger partial charge in [0.25, 0.3) is 11.7 Å². The number of carbonyl (C=O) groups is 2. The summed E-state index contributed by atoms with van der Waals surface area (Å²) in [7, 11) is 1.55. The zero-order valence-corrected chi connectivity index (χ0v) is 18.8. The molecule has 2 heterocycles. The fraction of sp³-hybridized carbons (Fsp3) is 0.185. The predicted octanol–water partition coefficient (Wildman–Crippen LogP) is 4.61. The van der Waals surface area contributed by atoms with Gasteiger partial charge < -0.3 is 19.3 Å². The first kappa shape index (κ1) is 21.6. The van der Waals surface area contributed by atoms with Crippen molar-refractivity contribution in [2.75, 3.05) is 18.8 Å². The number of aliphatic hydroxyl groups excluding tert-OH is 1. The number of ether oxygens (including phenoxy) is 3. The molecule has 3 aromatic carbocycles. The lowest BCUT2D eigenvalue weighted by atomic mass is 9.94. The van der Waals surface area contributed by atoms with Crippen molar-refractivity contribution in [2.45, 2.75) is 19.4 Å². The number of aryl methyl sites for hydroxylation is 1. The van der Waals surface area contributed by atoms with Crippen LogP contribution < -0.4 is 19.1 Å². The van der Waals surface area contributed by atoms with Crippen molar-refractivity contribution in [3.8, 4) is 17.2 Å². The normalized spacial score (nSPS) is 18.4. The minimum absolute atomic E-state index is 0.00307. The van der Waals surface area contributed by atoms with Gasteiger partial charge in [0.05, 0.1) is 18.7 Å². The van der Waals surface area contributed by atoms with Crippen molar-refractivity contribution in [1.82, 2.24) is 0 Å². The lowest BCUT2D eigenvalue weighted by molar-refractivity contribution is -0.132. The number of hydrogen-bond acceptors (Lipinski definition) is 6. The third-order valence-electron chi connectivity index (χ3n) is 6.12. The Morgan fingerprint density at radius 3 is 2.53 bits per heavy atom. The Bertz CT molecular complexity index is 1310. The van der Waals surface area contributed by atoms with Crippen LogP contribution in [0, 0.1) is 0 Å². The summed E-state index contributed by atoms with van der Waals surface area (Å²) in [5.74, 6) is -0.157. The van der Waals surface area contributed by atoms with Crippen LogP contribution in [-0.4, -0.2) is 30.7 Å². The number of fused-ring (bicyclic) bond motifs is 1. The Hall–Kier alpha value is -4.26. The molecular formula is C27H23NO6. The number of ketones is 1. The molecule has 0 aromatic heterocycles. The maximum absolute atomic E-state index is 13.3. The van der Waals surface area contributed by atoms with E-state index in [1.54, 1.807) is 49.6 Å². The highest BCUT2D eigenvalue weighted by molar-refractivity contribution is 6.51. The molecule has 7 heteroatoms. The molecular weight excluding hydrogens is 434 g/mol. The van der Waals surface area contributed by atoms with Crippen LogP contribution in [-0.2, 0) is 16.0 Å². The molecule has 1 unspecified atom stereocenters. The molecule has 1 atom stereocenters. The monoisotopic (exact) mass is 457 g/mol. The number of anilines is 1. The molecule has 3 aromatic rings. The van der Waals surface area contributed by atoms with Gasteiger partial charge in [0, 0.05) is 11.3 Å². The molecule has 172 valence electrons. The summed E-state index contributed by atoms with van der Waals surface area (Å²) < 4.78 is 16.1. The summed E-state index contributed by atoms with van der Waals surface area (Å²) in [6.07, 6.45) is 0.850. The van der Waals surface area contributed by atoms with Crippen molar-refractivity contribution in [3.63, 3.8) is 0 Å². The summed E-state index contributed by atoms with van der Waals surface area (Å²) in [6.45, 7) is 2.13. The first-order valence-electron chi connectivity index (χ1n) is 11.0. The number of aliphatic hydroxyl groups is 1. The van der Waals surface area contributed by atoms with Crippen LogP contribution in [0.25, 0.3) is 5.76 Å². The van der Waals surface area contributed by atoms with E-state index in [1.807, 2.05) is 31.2 Å². The van der Waals surface area contributed by atoms with Crippen LogP contribution in [0.5, 0.6) is 17.2 Å². The Labute approximate surface area is 196 Å². The first-order chi connectivity index (χ1) is 16.5. The largest absolute Gasteiger partial charge is 0.507 e. The SMILES string of the molecule is CCc1ccc(N2C(=O)C(=O)/C(=C(\O)c3ccc4c(c3)OCO4)C2c2cccc(OC)c2)cc1. The van der Waals surface area contributed by atoms with Gasteiger partial charge in [0.2, 0.25) is 6.79 Å². The molecule has 0 saturated carbocycles. The van der Waals surface area contributed by atoms with Gasteiger partial charge in [-0.05, 0) is 60.0 Å². The van der Waals surface area contributed by atoms with Gasteiger partial charge in [0.1, 0.15) is 11.5 Å². The maximum atomic E-state index is 13.3. The topological polar surface area (TPSA) is 85.3 Å². The average Bonchev–Trinajstić information content (AvgIpc) is 3.45. The fourth-order valence-corrected chi connectivity index (χ4v) is 4.32. The number of hydrogen-bond donors (Lipinski definition) is 1. The molecule has 0 aliphatic carbocycles. The third-order valence-corrected chi connectivity index (χ3v) is 6.12. The Balaban J connectivity index is 1.69. The van der Waals surface area contributed by atoms with Gasteiger partial charge in [-0.2, -0.15) is 0 Å². The number of Topliss-reactive ketones (excluding diaryl/α,β-unsaturated/α-hetero) is 1. The first-order valence-corrected chi connectivity index (χ1v) is 11.0. The van der Waals surface area contributed by atoms with Crippen LogP contribution in [0.1, 0.15) is 29.7 Å². The zero-order chi connectivity index (χ0) is 23.8. The van der Waals surface area contributed by atoms with Crippen molar-refractivity contribution >= 4 is 23.1 Å². The van der Waals surface area contributed by atoms with Crippen LogP contribution in [0.4, 0.5) is 5.69 Å². The zero-order valence-electron chi connectivity index (χ0n) is 18.8. The molecule has 0 spiro atoms. The second-order valence-corrected chi connectivity index (χ2v) is 8.03. The van der Waals surface area contributed by atoms with Gasteiger partial charge in [-0.3, -0.25) is 14.5 Å². The number of nitrogens with zero attached hydrogens (tertiary/aromatic N) is 1. The number of carbonyl (C=O) groups excluding carboxylic acids is 2. The second-order valence-electron chi connectivity index (χ2n) is 8.03. The van der Waals surface area contributed by atoms with Crippen LogP contribution in [0.3, 0.4) is 0 Å². The minimum atomic E-state index is -0.840. The molecule has 5 rings (SSSR count). The quantitative estimate of drug-likeness (QED) is 0.342. The van der Waals surface area contributed by atoms with Gasteiger partial charge >= 0.3 is 0 Å². The van der Waals surface area contributed by atoms with Gasteiger partial charge in [-0.1, -0.05) is 31.2 Å². The fourth-order valence-electron chi connectivity index (χ4n) is 4.32. The number of methoxy groups -OCH3 is 1. The summed E-state index contributed by atoms with van der Waals surface area (Å²) in [4.78, 5) is 28.0. The molecule has 1 saturated heterocycles. The van der Waals surface area contributed by atoms with Gasteiger partial charge in [0.15, 0.2) is 11.5 Å². The predicted molar refractivity (Wildman–Crippen MR) is 126 cm³/mol. The maximum Gasteiger partial charge on any atom is 0.300 e. The van der Waals surface area contributed by atoms with Crippen LogP contribution in [0.15, 0.2) is 72.3 Å². The molecule has 2 aliphatic rings. The lowest BCUT2D eigenvalue weighted by Crippen LogP contribution is -2.29. The summed E-state index contributed by atoms with van der Waals surface area (Å²) in [5.41, 5.74) is 2.67. The molecule has 0 bridgehead atoms. The van der Waals surface area contributed by atoms with E-state index in [-0.39, 0.29) is 18.1 Å². The Morgan fingerprint density at radius 1 is 1.03 bits per heavy atom. The summed E-state index contributed by atoms with van der Waals surface area (Å²) >= 11 is 0. The van der Waals surface area contributed by atoms with E-state index in [2.05, 4.69) is 0 Å². The van der Waals surface area contributed by atoms with E-state index in [9.17, 15) is 14.7 Å². The molecule has 1 amide bonds. The van der Waals surface area contributed by atoms with E-state index in [1.165, 1.54) is 4.90 Å². The van der Waals surface area contributed by atoms with E-state index >= 15 is 0 Å². The Kier molecular flexibility index (Phi) is 5.45. The second kappa shape index (κ2) is 8.59. The van der Waals surface area contributed by atoms with Crippen molar-refractivity contribution in [2.24, 2.45) is 0 Å². The van der Waals surface area contributed by atoms with Gasteiger partial charge in [-0.25, -0.2) is 0 Å². The number of amides is 1. The average molecular weight is 457 g/mol. The van der Waals surface area contributed by atoms with E-state index < -0.39 is 17.7 Å². The summed E-state index contributed by atoms with van der Waals surface area (Å²) in [5, 5.41) is 11.3. The van der Waals surface area contributed by atoms with Crippen molar-refractivity contribution in [3.05, 3.63) is 89.0 Å². The van der Waals surface area contributed by atoms with Crippen molar-refractivity contribution < 1.29 is 28.9 Å². The molecule has 0 radical (unpaired) electrons.